The van der Waals surface area contributed by atoms with Crippen LogP contribution in [0.5, 0.6) is 0 Å². The van der Waals surface area contributed by atoms with Crippen LogP contribution in [0.4, 0.5) is 0 Å². The zero-order valence-electron chi connectivity index (χ0n) is 8.97. The van der Waals surface area contributed by atoms with Gasteiger partial charge in [0.1, 0.15) is 0 Å². The fourth-order valence-electron chi connectivity index (χ4n) is 1.44. The van der Waals surface area contributed by atoms with E-state index in [0.717, 1.165) is 11.1 Å². The van der Waals surface area contributed by atoms with E-state index in [9.17, 15) is 4.79 Å². The number of benzene rings is 1. The maximum Gasteiger partial charge on any atom is 0.338 e. The van der Waals surface area contributed by atoms with Crippen LogP contribution in [0.25, 0.3) is 11.1 Å². The quantitative estimate of drug-likeness (QED) is 0.740. The molecule has 0 saturated carbocycles. The molecule has 0 aliphatic heterocycles. The summed E-state index contributed by atoms with van der Waals surface area (Å²) in [6.07, 6.45) is 3.29. The van der Waals surface area contributed by atoms with E-state index < -0.39 is 0 Å². The molecule has 0 bridgehead atoms. The second-order valence-electron chi connectivity index (χ2n) is 3.31. The molecule has 0 fully saturated rings. The highest BCUT2D eigenvalue weighted by Gasteiger charge is 2.06. The van der Waals surface area contributed by atoms with Crippen molar-refractivity contribution in [2.24, 2.45) is 0 Å². The summed E-state index contributed by atoms with van der Waals surface area (Å²) in [7, 11) is 0. The third-order valence-corrected chi connectivity index (χ3v) is 2.25. The molecular formula is C13H12O3. The van der Waals surface area contributed by atoms with Crippen LogP contribution in [0.15, 0.2) is 47.3 Å². The smallest absolute Gasteiger partial charge is 0.338 e. The molecule has 0 N–H and O–H groups in total. The molecule has 0 spiro atoms. The Balaban J connectivity index is 2.20. The van der Waals surface area contributed by atoms with E-state index in [-0.39, 0.29) is 5.97 Å². The molecule has 1 aromatic heterocycles. The lowest BCUT2D eigenvalue weighted by atomic mass is 10.1. The monoisotopic (exact) mass is 216 g/mol. The number of carbonyl (C=O) groups is 1. The zero-order chi connectivity index (χ0) is 11.4. The highest BCUT2D eigenvalue weighted by Crippen LogP contribution is 2.20. The van der Waals surface area contributed by atoms with E-state index >= 15 is 0 Å². The van der Waals surface area contributed by atoms with Crippen molar-refractivity contribution >= 4 is 5.97 Å². The van der Waals surface area contributed by atoms with Crippen LogP contribution < -0.4 is 0 Å². The predicted molar refractivity (Wildman–Crippen MR) is 60.1 cm³/mol. The molecule has 0 radical (unpaired) electrons. The minimum atomic E-state index is -0.291. The van der Waals surface area contributed by atoms with Crippen molar-refractivity contribution in [2.45, 2.75) is 6.92 Å². The van der Waals surface area contributed by atoms with Gasteiger partial charge in [-0.25, -0.2) is 4.79 Å². The Morgan fingerprint density at radius 1 is 1.19 bits per heavy atom. The first kappa shape index (κ1) is 10.5. The first-order valence-electron chi connectivity index (χ1n) is 5.11. The summed E-state index contributed by atoms with van der Waals surface area (Å²) in [5.41, 5.74) is 2.58. The Morgan fingerprint density at radius 2 is 1.94 bits per heavy atom. The lowest BCUT2D eigenvalue weighted by Crippen LogP contribution is -2.03. The van der Waals surface area contributed by atoms with Crippen LogP contribution in [0, 0.1) is 0 Å². The van der Waals surface area contributed by atoms with E-state index in [1.54, 1.807) is 31.6 Å². The summed E-state index contributed by atoms with van der Waals surface area (Å²) in [6, 6.07) is 9.12. The van der Waals surface area contributed by atoms with Crippen molar-refractivity contribution in [1.82, 2.24) is 0 Å². The molecule has 82 valence electrons. The third kappa shape index (κ3) is 2.14. The minimum Gasteiger partial charge on any atom is -0.472 e. The summed E-state index contributed by atoms with van der Waals surface area (Å²) < 4.78 is 9.89. The number of esters is 1. The fraction of sp³-hybridized carbons (Fsp3) is 0.154. The van der Waals surface area contributed by atoms with Gasteiger partial charge in [-0.05, 0) is 30.7 Å². The van der Waals surface area contributed by atoms with Crippen molar-refractivity contribution in [1.29, 1.82) is 0 Å². The van der Waals surface area contributed by atoms with E-state index in [1.165, 1.54) is 0 Å². The molecule has 3 heteroatoms. The fourth-order valence-corrected chi connectivity index (χ4v) is 1.44. The zero-order valence-corrected chi connectivity index (χ0v) is 8.97. The number of ether oxygens (including phenoxy) is 1. The molecule has 1 aromatic carbocycles. The van der Waals surface area contributed by atoms with Gasteiger partial charge in [0.15, 0.2) is 0 Å². The SMILES string of the molecule is CCOC(=O)c1ccc(-c2ccoc2)cc1. The summed E-state index contributed by atoms with van der Waals surface area (Å²) in [4.78, 5) is 11.4. The highest BCUT2D eigenvalue weighted by atomic mass is 16.5. The summed E-state index contributed by atoms with van der Waals surface area (Å²) in [5, 5.41) is 0. The molecule has 0 saturated heterocycles. The average molecular weight is 216 g/mol. The van der Waals surface area contributed by atoms with Gasteiger partial charge < -0.3 is 9.15 Å². The van der Waals surface area contributed by atoms with E-state index in [1.807, 2.05) is 18.2 Å². The van der Waals surface area contributed by atoms with Crippen molar-refractivity contribution < 1.29 is 13.9 Å². The van der Waals surface area contributed by atoms with Crippen molar-refractivity contribution in [3.05, 3.63) is 48.4 Å². The molecule has 0 atom stereocenters. The topological polar surface area (TPSA) is 39.4 Å². The number of carbonyl (C=O) groups excluding carboxylic acids is 1. The Bertz CT molecular complexity index is 454. The number of hydrogen-bond acceptors (Lipinski definition) is 3. The summed E-state index contributed by atoms with van der Waals surface area (Å²) in [5.74, 6) is -0.291. The van der Waals surface area contributed by atoms with Gasteiger partial charge in [-0.2, -0.15) is 0 Å². The van der Waals surface area contributed by atoms with Gasteiger partial charge in [-0.3, -0.25) is 0 Å². The molecule has 0 aliphatic rings. The average Bonchev–Trinajstić information content (AvgIpc) is 2.83. The van der Waals surface area contributed by atoms with Gasteiger partial charge in [-0.1, -0.05) is 12.1 Å². The molecule has 2 rings (SSSR count). The van der Waals surface area contributed by atoms with Crippen LogP contribution in [0.2, 0.25) is 0 Å². The lowest BCUT2D eigenvalue weighted by Gasteiger charge is -2.02. The van der Waals surface area contributed by atoms with E-state index in [4.69, 9.17) is 9.15 Å². The Morgan fingerprint density at radius 3 is 2.50 bits per heavy atom. The molecule has 0 unspecified atom stereocenters. The van der Waals surface area contributed by atoms with Crippen LogP contribution in [-0.4, -0.2) is 12.6 Å². The normalized spacial score (nSPS) is 10.1. The van der Waals surface area contributed by atoms with Gasteiger partial charge in [0.25, 0.3) is 0 Å². The van der Waals surface area contributed by atoms with Crippen LogP contribution in [0.1, 0.15) is 17.3 Å². The summed E-state index contributed by atoms with van der Waals surface area (Å²) in [6.45, 7) is 2.18. The Kier molecular flexibility index (Phi) is 3.05. The third-order valence-electron chi connectivity index (χ3n) is 2.25. The Labute approximate surface area is 93.7 Å². The van der Waals surface area contributed by atoms with Crippen LogP contribution in [-0.2, 0) is 4.74 Å². The predicted octanol–water partition coefficient (Wildman–Crippen LogP) is 3.12. The van der Waals surface area contributed by atoms with Crippen LogP contribution >= 0.6 is 0 Å². The number of hydrogen-bond donors (Lipinski definition) is 0. The molecule has 1 heterocycles. The van der Waals surface area contributed by atoms with Gasteiger partial charge in [0, 0.05) is 5.56 Å². The molecule has 16 heavy (non-hydrogen) atoms. The van der Waals surface area contributed by atoms with E-state index in [2.05, 4.69) is 0 Å². The van der Waals surface area contributed by atoms with Gasteiger partial charge in [0.05, 0.1) is 24.7 Å². The minimum absolute atomic E-state index is 0.291. The number of furan rings is 1. The molecule has 0 amide bonds. The molecular weight excluding hydrogens is 204 g/mol. The maximum atomic E-state index is 11.4. The van der Waals surface area contributed by atoms with Crippen molar-refractivity contribution in [3.63, 3.8) is 0 Å². The van der Waals surface area contributed by atoms with Crippen molar-refractivity contribution in [3.8, 4) is 11.1 Å². The molecule has 3 nitrogen and oxygen atoms in total. The Hall–Kier alpha value is -2.03. The standard InChI is InChI=1S/C13H12O3/c1-2-16-13(14)11-5-3-10(4-6-11)12-7-8-15-9-12/h3-9H,2H2,1H3. The lowest BCUT2D eigenvalue weighted by molar-refractivity contribution is 0.0526. The van der Waals surface area contributed by atoms with Gasteiger partial charge >= 0.3 is 5.97 Å². The number of rotatable bonds is 3. The second kappa shape index (κ2) is 4.66. The second-order valence-corrected chi connectivity index (χ2v) is 3.31. The maximum absolute atomic E-state index is 11.4. The largest absolute Gasteiger partial charge is 0.472 e. The first-order chi connectivity index (χ1) is 7.81. The summed E-state index contributed by atoms with van der Waals surface area (Å²) >= 11 is 0. The molecule has 0 aliphatic carbocycles. The van der Waals surface area contributed by atoms with Crippen LogP contribution in [0.3, 0.4) is 0 Å². The van der Waals surface area contributed by atoms with Crippen molar-refractivity contribution in [2.75, 3.05) is 6.61 Å². The van der Waals surface area contributed by atoms with Gasteiger partial charge in [-0.15, -0.1) is 0 Å². The van der Waals surface area contributed by atoms with E-state index in [0.29, 0.717) is 12.2 Å². The molecule has 2 aromatic rings. The highest BCUT2D eigenvalue weighted by molar-refractivity contribution is 5.90. The first-order valence-corrected chi connectivity index (χ1v) is 5.11. The van der Waals surface area contributed by atoms with Gasteiger partial charge in [0.2, 0.25) is 0 Å².